The highest BCUT2D eigenvalue weighted by atomic mass is 32.1. The molecule has 1 atom stereocenters. The van der Waals surface area contributed by atoms with Gasteiger partial charge in [0.25, 0.3) is 0 Å². The fourth-order valence-corrected chi connectivity index (χ4v) is 2.88. The minimum absolute atomic E-state index is 0.190. The molecule has 0 saturated carbocycles. The molecule has 0 aliphatic carbocycles. The van der Waals surface area contributed by atoms with Crippen LogP contribution in [0.1, 0.15) is 35.5 Å². The zero-order valence-electron chi connectivity index (χ0n) is 11.0. The van der Waals surface area contributed by atoms with Crippen molar-refractivity contribution in [2.45, 2.75) is 26.3 Å². The maximum Gasteiger partial charge on any atom is 0.115 e. The predicted molar refractivity (Wildman–Crippen MR) is 85.8 cm³/mol. The molecule has 0 saturated heterocycles. The average molecular weight is 291 g/mol. The van der Waals surface area contributed by atoms with Gasteiger partial charge < -0.3 is 11.1 Å². The molecule has 1 heterocycles. The first-order chi connectivity index (χ1) is 9.11. The molecule has 1 aromatic carbocycles. The van der Waals surface area contributed by atoms with Crippen molar-refractivity contribution in [1.29, 1.82) is 0 Å². The summed E-state index contributed by atoms with van der Waals surface area (Å²) in [7, 11) is 0. The van der Waals surface area contributed by atoms with E-state index < -0.39 is 0 Å². The van der Waals surface area contributed by atoms with Crippen LogP contribution in [0.25, 0.3) is 0 Å². The fraction of sp³-hybridized carbons (Fsp3) is 0.286. The number of anilines is 1. The second kappa shape index (κ2) is 6.12. The lowest BCUT2D eigenvalue weighted by atomic mass is 10.1. The third-order valence-corrected chi connectivity index (χ3v) is 4.04. The molecular formula is C14H17N3S2. The molecule has 0 radical (unpaired) electrons. The van der Waals surface area contributed by atoms with Gasteiger partial charge in [-0.3, -0.25) is 0 Å². The Hall–Kier alpha value is -1.46. The fourth-order valence-electron chi connectivity index (χ4n) is 1.93. The van der Waals surface area contributed by atoms with Crippen molar-refractivity contribution in [2.24, 2.45) is 5.73 Å². The highest BCUT2D eigenvalue weighted by Crippen LogP contribution is 2.27. The summed E-state index contributed by atoms with van der Waals surface area (Å²) in [4.78, 5) is 4.79. The Kier molecular flexibility index (Phi) is 4.50. The number of thiocarbonyl (C=S) groups is 1. The summed E-state index contributed by atoms with van der Waals surface area (Å²) >= 11 is 6.76. The maximum absolute atomic E-state index is 5.78. The SMILES string of the molecule is CCC(Nc1cc(C)ccc1C(N)=S)c1nccs1. The molecule has 0 aliphatic rings. The van der Waals surface area contributed by atoms with Crippen molar-refractivity contribution in [3.05, 3.63) is 45.9 Å². The number of rotatable bonds is 5. The zero-order chi connectivity index (χ0) is 13.8. The van der Waals surface area contributed by atoms with E-state index >= 15 is 0 Å². The largest absolute Gasteiger partial charge is 0.389 e. The van der Waals surface area contributed by atoms with Gasteiger partial charge in [-0.05, 0) is 31.0 Å². The highest BCUT2D eigenvalue weighted by Gasteiger charge is 2.14. The molecule has 3 N–H and O–H groups in total. The van der Waals surface area contributed by atoms with E-state index in [1.807, 2.05) is 23.7 Å². The molecule has 0 amide bonds. The van der Waals surface area contributed by atoms with Crippen LogP contribution in [-0.2, 0) is 0 Å². The van der Waals surface area contributed by atoms with E-state index in [-0.39, 0.29) is 6.04 Å². The van der Waals surface area contributed by atoms with Gasteiger partial charge in [0.2, 0.25) is 0 Å². The minimum Gasteiger partial charge on any atom is -0.389 e. The van der Waals surface area contributed by atoms with E-state index in [4.69, 9.17) is 18.0 Å². The highest BCUT2D eigenvalue weighted by molar-refractivity contribution is 7.80. The van der Waals surface area contributed by atoms with E-state index in [0.29, 0.717) is 4.99 Å². The Bertz CT molecular complexity index is 564. The van der Waals surface area contributed by atoms with Gasteiger partial charge in [-0.25, -0.2) is 4.98 Å². The van der Waals surface area contributed by atoms with Crippen LogP contribution in [0.4, 0.5) is 5.69 Å². The number of hydrogen-bond donors (Lipinski definition) is 2. The van der Waals surface area contributed by atoms with Crippen molar-refractivity contribution in [1.82, 2.24) is 4.98 Å². The second-order valence-electron chi connectivity index (χ2n) is 4.39. The Morgan fingerprint density at radius 3 is 2.89 bits per heavy atom. The number of aryl methyl sites for hydroxylation is 1. The van der Waals surface area contributed by atoms with Crippen LogP contribution in [0.5, 0.6) is 0 Å². The summed E-state index contributed by atoms with van der Waals surface area (Å²) < 4.78 is 0. The van der Waals surface area contributed by atoms with Crippen molar-refractivity contribution in [2.75, 3.05) is 5.32 Å². The molecule has 0 spiro atoms. The Morgan fingerprint density at radius 2 is 2.32 bits per heavy atom. The monoisotopic (exact) mass is 291 g/mol. The molecule has 1 unspecified atom stereocenters. The maximum atomic E-state index is 5.78. The van der Waals surface area contributed by atoms with Crippen LogP contribution in [0.2, 0.25) is 0 Å². The molecule has 0 fully saturated rings. The van der Waals surface area contributed by atoms with Gasteiger partial charge in [0.15, 0.2) is 0 Å². The molecule has 1 aromatic heterocycles. The number of nitrogens with zero attached hydrogens (tertiary/aromatic N) is 1. The van der Waals surface area contributed by atoms with E-state index in [1.165, 1.54) is 5.56 Å². The van der Waals surface area contributed by atoms with Crippen LogP contribution in [-0.4, -0.2) is 9.97 Å². The number of thiazole rings is 1. The second-order valence-corrected chi connectivity index (χ2v) is 5.75. The summed E-state index contributed by atoms with van der Waals surface area (Å²) in [6.45, 7) is 4.19. The van der Waals surface area contributed by atoms with Crippen molar-refractivity contribution >= 4 is 34.2 Å². The first-order valence-corrected chi connectivity index (χ1v) is 7.47. The predicted octanol–water partition coefficient (Wildman–Crippen LogP) is 3.65. The smallest absolute Gasteiger partial charge is 0.115 e. The molecule has 0 aliphatic heterocycles. The van der Waals surface area contributed by atoms with Gasteiger partial charge >= 0.3 is 0 Å². The van der Waals surface area contributed by atoms with E-state index in [9.17, 15) is 0 Å². The Labute approximate surface area is 122 Å². The summed E-state index contributed by atoms with van der Waals surface area (Å²) in [6.07, 6.45) is 2.79. The van der Waals surface area contributed by atoms with Gasteiger partial charge in [-0.15, -0.1) is 11.3 Å². The third kappa shape index (κ3) is 3.30. The molecule has 2 rings (SSSR count). The molecule has 3 nitrogen and oxygen atoms in total. The first kappa shape index (κ1) is 14.0. The van der Waals surface area contributed by atoms with Crippen LogP contribution in [0, 0.1) is 6.92 Å². The molecule has 19 heavy (non-hydrogen) atoms. The van der Waals surface area contributed by atoms with Crippen LogP contribution in [0.15, 0.2) is 29.8 Å². The lowest BCUT2D eigenvalue weighted by Crippen LogP contribution is -2.16. The molecule has 0 bridgehead atoms. The number of aromatic nitrogens is 1. The summed E-state index contributed by atoms with van der Waals surface area (Å²) in [5, 5.41) is 6.57. The van der Waals surface area contributed by atoms with Crippen LogP contribution < -0.4 is 11.1 Å². The number of hydrogen-bond acceptors (Lipinski definition) is 4. The number of benzene rings is 1. The average Bonchev–Trinajstić information content (AvgIpc) is 2.89. The number of nitrogens with two attached hydrogens (primary N) is 1. The molecular weight excluding hydrogens is 274 g/mol. The molecule has 100 valence electrons. The topological polar surface area (TPSA) is 50.9 Å². The Morgan fingerprint density at radius 1 is 1.53 bits per heavy atom. The van der Waals surface area contributed by atoms with Gasteiger partial charge in [-0.1, -0.05) is 25.2 Å². The van der Waals surface area contributed by atoms with E-state index in [1.54, 1.807) is 11.3 Å². The zero-order valence-corrected chi connectivity index (χ0v) is 12.6. The van der Waals surface area contributed by atoms with Gasteiger partial charge in [-0.2, -0.15) is 0 Å². The summed E-state index contributed by atoms with van der Waals surface area (Å²) in [5.41, 5.74) is 8.82. The molecule has 2 aromatic rings. The third-order valence-electron chi connectivity index (χ3n) is 2.93. The van der Waals surface area contributed by atoms with Gasteiger partial charge in [0.1, 0.15) is 10.00 Å². The van der Waals surface area contributed by atoms with Crippen molar-refractivity contribution in [3.63, 3.8) is 0 Å². The lowest BCUT2D eigenvalue weighted by molar-refractivity contribution is 0.742. The quantitative estimate of drug-likeness (QED) is 0.826. The van der Waals surface area contributed by atoms with Crippen LogP contribution in [0.3, 0.4) is 0 Å². The van der Waals surface area contributed by atoms with E-state index in [2.05, 4.69) is 30.2 Å². The summed E-state index contributed by atoms with van der Waals surface area (Å²) in [5.74, 6) is 0. The lowest BCUT2D eigenvalue weighted by Gasteiger charge is -2.19. The van der Waals surface area contributed by atoms with Gasteiger partial charge in [0.05, 0.1) is 6.04 Å². The van der Waals surface area contributed by atoms with Gasteiger partial charge in [0, 0.05) is 22.8 Å². The van der Waals surface area contributed by atoms with Crippen molar-refractivity contribution in [3.8, 4) is 0 Å². The Balaban J connectivity index is 2.31. The molecule has 5 heteroatoms. The minimum atomic E-state index is 0.190. The normalized spacial score (nSPS) is 12.1. The first-order valence-electron chi connectivity index (χ1n) is 6.18. The summed E-state index contributed by atoms with van der Waals surface area (Å²) in [6, 6.07) is 6.25. The van der Waals surface area contributed by atoms with Crippen molar-refractivity contribution < 1.29 is 0 Å². The van der Waals surface area contributed by atoms with E-state index in [0.717, 1.165) is 22.7 Å². The standard InChI is InChI=1S/C14H17N3S2/c1-3-11(14-16-6-7-19-14)17-12-8-9(2)4-5-10(12)13(15)18/h4-8,11,17H,3H2,1-2H3,(H2,15,18). The number of nitrogens with one attached hydrogen (secondary N) is 1. The van der Waals surface area contributed by atoms with Crippen LogP contribution >= 0.6 is 23.6 Å².